The predicted octanol–water partition coefficient (Wildman–Crippen LogP) is 2.55. The highest BCUT2D eigenvalue weighted by molar-refractivity contribution is 7.10. The fraction of sp³-hybridized carbons (Fsp3) is 0.429. The Balaban J connectivity index is 1.94. The van der Waals surface area contributed by atoms with Crippen LogP contribution in [0, 0.1) is 13.8 Å². The van der Waals surface area contributed by atoms with Gasteiger partial charge in [-0.25, -0.2) is 0 Å². The number of aryl methyl sites for hydroxylation is 3. The molecule has 21 heavy (non-hydrogen) atoms. The lowest BCUT2D eigenvalue weighted by atomic mass is 10.1. The number of hydrogen-bond acceptors (Lipinski definition) is 6. The lowest BCUT2D eigenvalue weighted by Gasteiger charge is -2.14. The monoisotopic (exact) mass is 305 g/mol. The van der Waals surface area contributed by atoms with Crippen LogP contribution in [0.2, 0.25) is 0 Å². The zero-order valence-corrected chi connectivity index (χ0v) is 13.2. The molecule has 0 radical (unpaired) electrons. The number of carbonyl (C=O) groups is 1. The van der Waals surface area contributed by atoms with Crippen molar-refractivity contribution in [3.8, 4) is 0 Å². The molecule has 2 rings (SSSR count). The van der Waals surface area contributed by atoms with Crippen molar-refractivity contribution in [2.24, 2.45) is 0 Å². The van der Waals surface area contributed by atoms with Crippen molar-refractivity contribution in [2.45, 2.75) is 39.7 Å². The number of hydrogen-bond donors (Lipinski definition) is 2. The van der Waals surface area contributed by atoms with Crippen molar-refractivity contribution in [2.75, 3.05) is 10.6 Å². The molecule has 6 nitrogen and oxygen atoms in total. The third-order valence-electron chi connectivity index (χ3n) is 3.12. The van der Waals surface area contributed by atoms with Gasteiger partial charge in [0.15, 0.2) is 0 Å². The Morgan fingerprint density at radius 2 is 2.05 bits per heavy atom. The van der Waals surface area contributed by atoms with E-state index in [1.807, 2.05) is 0 Å². The van der Waals surface area contributed by atoms with Crippen LogP contribution in [0.1, 0.15) is 29.6 Å². The van der Waals surface area contributed by atoms with E-state index in [4.69, 9.17) is 0 Å². The Labute approximate surface area is 128 Å². The van der Waals surface area contributed by atoms with Crippen LogP contribution in [-0.2, 0) is 11.2 Å². The average molecular weight is 305 g/mol. The maximum Gasteiger partial charge on any atom is 0.234 e. The van der Waals surface area contributed by atoms with E-state index in [1.54, 1.807) is 18.3 Å². The van der Waals surface area contributed by atoms with E-state index >= 15 is 0 Å². The molecule has 0 bridgehead atoms. The molecule has 0 aliphatic carbocycles. The first-order valence-electron chi connectivity index (χ1n) is 6.81. The van der Waals surface area contributed by atoms with Gasteiger partial charge in [0.2, 0.25) is 18.3 Å². The number of rotatable bonds is 7. The summed E-state index contributed by atoms with van der Waals surface area (Å²) in [6.45, 7) is 6.00. The lowest BCUT2D eigenvalue weighted by Crippen LogP contribution is -2.19. The predicted molar refractivity (Wildman–Crippen MR) is 84.7 cm³/mol. The highest BCUT2D eigenvalue weighted by Crippen LogP contribution is 2.18. The van der Waals surface area contributed by atoms with E-state index in [2.05, 4.69) is 50.9 Å². The molecule has 112 valence electrons. The van der Waals surface area contributed by atoms with Gasteiger partial charge in [0.25, 0.3) is 0 Å². The van der Waals surface area contributed by atoms with Gasteiger partial charge in [-0.15, -0.1) is 11.3 Å². The largest absolute Gasteiger partial charge is 0.352 e. The number of amides is 1. The summed E-state index contributed by atoms with van der Waals surface area (Å²) in [7, 11) is 0. The average Bonchev–Trinajstić information content (AvgIpc) is 2.81. The van der Waals surface area contributed by atoms with E-state index in [0.29, 0.717) is 18.2 Å². The first kappa shape index (κ1) is 15.4. The Kier molecular flexibility index (Phi) is 5.21. The summed E-state index contributed by atoms with van der Waals surface area (Å²) in [5.41, 5.74) is 1.39. The number of nitrogens with zero attached hydrogens (tertiary/aromatic N) is 3. The fourth-order valence-electron chi connectivity index (χ4n) is 2.00. The van der Waals surface area contributed by atoms with Crippen LogP contribution in [0.25, 0.3) is 0 Å². The minimum atomic E-state index is 0.232. The van der Waals surface area contributed by atoms with Gasteiger partial charge in [-0.3, -0.25) is 10.1 Å². The van der Waals surface area contributed by atoms with Gasteiger partial charge in [0, 0.05) is 10.9 Å². The Morgan fingerprint density at radius 1 is 1.29 bits per heavy atom. The Hall–Kier alpha value is -2.02. The fourth-order valence-corrected chi connectivity index (χ4v) is 2.76. The molecular weight excluding hydrogens is 286 g/mol. The van der Waals surface area contributed by atoms with E-state index < -0.39 is 0 Å². The molecule has 7 heteroatoms. The molecule has 2 N–H and O–H groups in total. The molecule has 2 aromatic rings. The number of thiophene rings is 1. The zero-order valence-electron chi connectivity index (χ0n) is 12.4. The summed E-state index contributed by atoms with van der Waals surface area (Å²) in [5.74, 6) is 1.32. The third kappa shape index (κ3) is 4.49. The normalized spacial score (nSPS) is 12.0. The van der Waals surface area contributed by atoms with Crippen LogP contribution < -0.4 is 10.6 Å². The molecule has 0 spiro atoms. The van der Waals surface area contributed by atoms with Crippen molar-refractivity contribution >= 4 is 29.6 Å². The third-order valence-corrected chi connectivity index (χ3v) is 4.01. The van der Waals surface area contributed by atoms with Crippen molar-refractivity contribution in [1.82, 2.24) is 15.0 Å². The van der Waals surface area contributed by atoms with Crippen molar-refractivity contribution in [1.29, 1.82) is 0 Å². The summed E-state index contributed by atoms with van der Waals surface area (Å²) in [6.07, 6.45) is 2.56. The highest BCUT2D eigenvalue weighted by Gasteiger charge is 2.08. The topological polar surface area (TPSA) is 79.8 Å². The Bertz CT molecular complexity index is 613. The van der Waals surface area contributed by atoms with Gasteiger partial charge >= 0.3 is 0 Å². The van der Waals surface area contributed by atoms with Gasteiger partial charge in [-0.1, -0.05) is 0 Å². The molecule has 0 aliphatic heterocycles. The van der Waals surface area contributed by atoms with Crippen molar-refractivity contribution in [3.63, 3.8) is 0 Å². The van der Waals surface area contributed by atoms with Crippen LogP contribution in [0.3, 0.4) is 0 Å². The molecule has 1 unspecified atom stereocenters. The minimum absolute atomic E-state index is 0.232. The standard InChI is InChI=1S/C14H19N5OS/c1-9(4-5-12-6-7-21-10(12)2)16-14-18-11(3)17-13(19-14)15-8-20/h6-9H,4-5H2,1-3H3,(H2,15,16,17,18,19,20). The second-order valence-electron chi connectivity index (χ2n) is 4.88. The SMILES string of the molecule is Cc1nc(NC=O)nc(NC(C)CCc2ccsc2C)n1. The van der Waals surface area contributed by atoms with Gasteiger partial charge in [0.05, 0.1) is 0 Å². The van der Waals surface area contributed by atoms with E-state index in [0.717, 1.165) is 12.8 Å². The minimum Gasteiger partial charge on any atom is -0.352 e. The van der Waals surface area contributed by atoms with Crippen molar-refractivity contribution < 1.29 is 4.79 Å². The molecule has 0 aliphatic rings. The molecule has 2 heterocycles. The van der Waals surface area contributed by atoms with Gasteiger partial charge in [0.1, 0.15) is 5.82 Å². The molecule has 0 saturated heterocycles. The van der Waals surface area contributed by atoms with Crippen LogP contribution >= 0.6 is 11.3 Å². The summed E-state index contributed by atoms with van der Waals surface area (Å²) in [5, 5.41) is 7.81. The highest BCUT2D eigenvalue weighted by atomic mass is 32.1. The number of anilines is 2. The summed E-state index contributed by atoms with van der Waals surface area (Å²) in [6, 6.07) is 2.40. The van der Waals surface area contributed by atoms with Crippen LogP contribution in [-0.4, -0.2) is 27.4 Å². The van der Waals surface area contributed by atoms with Crippen LogP contribution in [0.4, 0.5) is 11.9 Å². The molecule has 0 fully saturated rings. The maximum atomic E-state index is 10.5. The molecular formula is C14H19N5OS. The Morgan fingerprint density at radius 3 is 2.71 bits per heavy atom. The summed E-state index contributed by atoms with van der Waals surface area (Å²) < 4.78 is 0. The molecule has 0 saturated carbocycles. The second kappa shape index (κ2) is 7.12. The number of nitrogens with one attached hydrogen (secondary N) is 2. The smallest absolute Gasteiger partial charge is 0.234 e. The molecule has 0 aromatic carbocycles. The molecule has 1 atom stereocenters. The van der Waals surface area contributed by atoms with Crippen LogP contribution in [0.15, 0.2) is 11.4 Å². The quantitative estimate of drug-likeness (QED) is 0.768. The van der Waals surface area contributed by atoms with Crippen LogP contribution in [0.5, 0.6) is 0 Å². The number of aromatic nitrogens is 3. The maximum absolute atomic E-state index is 10.5. The lowest BCUT2D eigenvalue weighted by molar-refractivity contribution is -0.105. The number of carbonyl (C=O) groups excluding carboxylic acids is 1. The van der Waals surface area contributed by atoms with Gasteiger partial charge in [-0.2, -0.15) is 15.0 Å². The first-order valence-corrected chi connectivity index (χ1v) is 7.69. The molecule has 2 aromatic heterocycles. The van der Waals surface area contributed by atoms with E-state index in [-0.39, 0.29) is 12.0 Å². The van der Waals surface area contributed by atoms with Gasteiger partial charge < -0.3 is 5.32 Å². The van der Waals surface area contributed by atoms with Crippen molar-refractivity contribution in [3.05, 3.63) is 27.7 Å². The van der Waals surface area contributed by atoms with E-state index in [9.17, 15) is 4.79 Å². The molecule has 1 amide bonds. The van der Waals surface area contributed by atoms with E-state index in [1.165, 1.54) is 10.4 Å². The summed E-state index contributed by atoms with van der Waals surface area (Å²) >= 11 is 1.77. The summed E-state index contributed by atoms with van der Waals surface area (Å²) in [4.78, 5) is 24.2. The first-order chi connectivity index (χ1) is 10.1. The van der Waals surface area contributed by atoms with Gasteiger partial charge in [-0.05, 0) is 50.6 Å². The second-order valence-corrected chi connectivity index (χ2v) is 6.00. The zero-order chi connectivity index (χ0) is 15.2.